The van der Waals surface area contributed by atoms with E-state index in [-0.39, 0.29) is 6.04 Å². The van der Waals surface area contributed by atoms with Crippen LogP contribution in [0.15, 0.2) is 18.2 Å². The van der Waals surface area contributed by atoms with Gasteiger partial charge < -0.3 is 16.0 Å². The highest BCUT2D eigenvalue weighted by Gasteiger charge is 2.48. The van der Waals surface area contributed by atoms with E-state index in [1.807, 2.05) is 27.7 Å². The minimum absolute atomic E-state index is 0.00261. The number of carbonyl (C=O) groups is 2. The van der Waals surface area contributed by atoms with Crippen LogP contribution in [-0.2, 0) is 9.59 Å². The van der Waals surface area contributed by atoms with Gasteiger partial charge in [0.1, 0.15) is 0 Å². The Morgan fingerprint density at radius 3 is 2.17 bits per heavy atom. The second-order valence-corrected chi connectivity index (χ2v) is 8.33. The lowest BCUT2D eigenvalue weighted by Gasteiger charge is -2.54. The predicted octanol–water partition coefficient (Wildman–Crippen LogP) is 3.44. The highest BCUT2D eigenvalue weighted by atomic mass is 35.5. The standard InChI is InChI=1S/C17H23Cl2N3O2/c1-16(2)8-10(20)9-17(3,4)22(16)15(24)14(23)21-11-5-6-12(18)13(19)7-11/h5-7,10H,8-9,20H2,1-4H3,(H,21,23). The van der Waals surface area contributed by atoms with E-state index in [9.17, 15) is 9.59 Å². The Morgan fingerprint density at radius 2 is 1.67 bits per heavy atom. The zero-order valence-corrected chi connectivity index (χ0v) is 15.8. The Balaban J connectivity index is 2.22. The van der Waals surface area contributed by atoms with Gasteiger partial charge in [-0.05, 0) is 58.7 Å². The number of hydrogen-bond donors (Lipinski definition) is 2. The molecule has 0 aliphatic carbocycles. The molecular weight excluding hydrogens is 349 g/mol. The fourth-order valence-corrected chi connectivity index (χ4v) is 4.07. The molecule has 0 aromatic heterocycles. The largest absolute Gasteiger partial charge is 0.328 e. The summed E-state index contributed by atoms with van der Waals surface area (Å²) in [6.45, 7) is 7.71. The number of amides is 2. The number of nitrogens with two attached hydrogens (primary N) is 1. The zero-order chi connectivity index (χ0) is 18.3. The van der Waals surface area contributed by atoms with E-state index in [0.29, 0.717) is 28.6 Å². The lowest BCUT2D eigenvalue weighted by molar-refractivity contribution is -0.156. The van der Waals surface area contributed by atoms with Crippen LogP contribution in [0.3, 0.4) is 0 Å². The molecule has 0 spiro atoms. The summed E-state index contributed by atoms with van der Waals surface area (Å²) in [5, 5.41) is 3.28. The topological polar surface area (TPSA) is 75.4 Å². The van der Waals surface area contributed by atoms with Gasteiger partial charge in [-0.2, -0.15) is 0 Å². The van der Waals surface area contributed by atoms with E-state index in [2.05, 4.69) is 5.32 Å². The van der Waals surface area contributed by atoms with Crippen molar-refractivity contribution in [3.63, 3.8) is 0 Å². The molecule has 1 heterocycles. The maximum atomic E-state index is 12.8. The highest BCUT2D eigenvalue weighted by Crippen LogP contribution is 2.38. The van der Waals surface area contributed by atoms with E-state index in [4.69, 9.17) is 28.9 Å². The van der Waals surface area contributed by atoms with Crippen LogP contribution in [0.4, 0.5) is 5.69 Å². The minimum atomic E-state index is -0.704. The maximum absolute atomic E-state index is 12.8. The van der Waals surface area contributed by atoms with Crippen LogP contribution in [0.1, 0.15) is 40.5 Å². The summed E-state index contributed by atoms with van der Waals surface area (Å²) < 4.78 is 0. The number of rotatable bonds is 1. The molecule has 132 valence electrons. The van der Waals surface area contributed by atoms with Crippen LogP contribution in [0.5, 0.6) is 0 Å². The Hall–Kier alpha value is -1.30. The maximum Gasteiger partial charge on any atom is 0.313 e. The van der Waals surface area contributed by atoms with Gasteiger partial charge in [-0.25, -0.2) is 0 Å². The average Bonchev–Trinajstić information content (AvgIpc) is 2.39. The molecule has 1 aliphatic heterocycles. The second kappa shape index (κ2) is 6.54. The van der Waals surface area contributed by atoms with Gasteiger partial charge in [0.2, 0.25) is 0 Å². The molecular formula is C17H23Cl2N3O2. The number of anilines is 1. The summed E-state index contributed by atoms with van der Waals surface area (Å²) in [6, 6.07) is 4.68. The molecule has 24 heavy (non-hydrogen) atoms. The number of benzene rings is 1. The van der Waals surface area contributed by atoms with Gasteiger partial charge in [0.15, 0.2) is 0 Å². The molecule has 0 saturated carbocycles. The van der Waals surface area contributed by atoms with Crippen LogP contribution in [0.25, 0.3) is 0 Å². The molecule has 0 atom stereocenters. The quantitative estimate of drug-likeness (QED) is 0.742. The van der Waals surface area contributed by atoms with E-state index < -0.39 is 22.9 Å². The van der Waals surface area contributed by atoms with Crippen molar-refractivity contribution < 1.29 is 9.59 Å². The van der Waals surface area contributed by atoms with Gasteiger partial charge in [-0.15, -0.1) is 0 Å². The van der Waals surface area contributed by atoms with Crippen molar-refractivity contribution in [3.05, 3.63) is 28.2 Å². The number of nitrogens with zero attached hydrogens (tertiary/aromatic N) is 1. The molecule has 1 aromatic carbocycles. The normalized spacial score (nSPS) is 19.9. The van der Waals surface area contributed by atoms with Crippen LogP contribution in [-0.4, -0.2) is 33.8 Å². The van der Waals surface area contributed by atoms with Crippen LogP contribution < -0.4 is 11.1 Å². The fraction of sp³-hybridized carbons (Fsp3) is 0.529. The molecule has 7 heteroatoms. The summed E-state index contributed by atoms with van der Waals surface area (Å²) >= 11 is 11.8. The van der Waals surface area contributed by atoms with Crippen molar-refractivity contribution in [2.75, 3.05) is 5.32 Å². The number of likely N-dealkylation sites (tertiary alicyclic amines) is 1. The molecule has 2 rings (SSSR count). The molecule has 0 unspecified atom stereocenters. The van der Waals surface area contributed by atoms with Crippen LogP contribution in [0.2, 0.25) is 10.0 Å². The Morgan fingerprint density at radius 1 is 1.12 bits per heavy atom. The van der Waals surface area contributed by atoms with E-state index >= 15 is 0 Å². The van der Waals surface area contributed by atoms with Gasteiger partial charge in [0.05, 0.1) is 10.0 Å². The third kappa shape index (κ3) is 3.85. The molecule has 0 bridgehead atoms. The molecule has 1 fully saturated rings. The number of halogens is 2. The first-order chi connectivity index (χ1) is 10.9. The van der Waals surface area contributed by atoms with Crippen molar-refractivity contribution in [3.8, 4) is 0 Å². The summed E-state index contributed by atoms with van der Waals surface area (Å²) in [4.78, 5) is 26.9. The molecule has 3 N–H and O–H groups in total. The average molecular weight is 372 g/mol. The van der Waals surface area contributed by atoms with E-state index in [0.717, 1.165) is 0 Å². The minimum Gasteiger partial charge on any atom is -0.328 e. The first-order valence-electron chi connectivity index (χ1n) is 7.80. The third-order valence-electron chi connectivity index (χ3n) is 4.31. The van der Waals surface area contributed by atoms with Gasteiger partial charge in [-0.1, -0.05) is 23.2 Å². The van der Waals surface area contributed by atoms with Crippen LogP contribution in [0, 0.1) is 0 Å². The first-order valence-corrected chi connectivity index (χ1v) is 8.56. The Bertz CT molecular complexity index is 656. The van der Waals surface area contributed by atoms with Gasteiger partial charge in [0.25, 0.3) is 0 Å². The summed E-state index contributed by atoms with van der Waals surface area (Å²) in [5.74, 6) is -1.28. The molecule has 1 aliphatic rings. The second-order valence-electron chi connectivity index (χ2n) is 7.52. The first kappa shape index (κ1) is 19.0. The number of nitrogens with one attached hydrogen (secondary N) is 1. The molecule has 1 saturated heterocycles. The SMILES string of the molecule is CC1(C)CC(N)CC(C)(C)N1C(=O)C(=O)Nc1ccc(Cl)c(Cl)c1. The Labute approximate surface area is 152 Å². The third-order valence-corrected chi connectivity index (χ3v) is 5.05. The van der Waals surface area contributed by atoms with Crippen molar-refractivity contribution in [1.29, 1.82) is 0 Å². The molecule has 0 radical (unpaired) electrons. The summed E-state index contributed by atoms with van der Waals surface area (Å²) in [6.07, 6.45) is 1.28. The highest BCUT2D eigenvalue weighted by molar-refractivity contribution is 6.43. The fourth-order valence-electron chi connectivity index (χ4n) is 3.77. The number of hydrogen-bond acceptors (Lipinski definition) is 3. The van der Waals surface area contributed by atoms with Gasteiger partial charge >= 0.3 is 11.8 Å². The van der Waals surface area contributed by atoms with Crippen molar-refractivity contribution in [2.24, 2.45) is 5.73 Å². The summed E-state index contributed by atoms with van der Waals surface area (Å²) in [7, 11) is 0. The van der Waals surface area contributed by atoms with E-state index in [1.165, 1.54) is 6.07 Å². The van der Waals surface area contributed by atoms with E-state index in [1.54, 1.807) is 17.0 Å². The van der Waals surface area contributed by atoms with Crippen molar-refractivity contribution in [1.82, 2.24) is 4.90 Å². The monoisotopic (exact) mass is 371 g/mol. The Kier molecular flexibility index (Phi) is 5.19. The smallest absolute Gasteiger partial charge is 0.313 e. The lowest BCUT2D eigenvalue weighted by atomic mass is 9.77. The van der Waals surface area contributed by atoms with Gasteiger partial charge in [-0.3, -0.25) is 9.59 Å². The number of piperidine rings is 1. The molecule has 2 amide bonds. The molecule has 5 nitrogen and oxygen atoms in total. The summed E-state index contributed by atoms with van der Waals surface area (Å²) in [5.41, 5.74) is 5.52. The van der Waals surface area contributed by atoms with Gasteiger partial charge in [0, 0.05) is 22.8 Å². The molecule has 1 aromatic rings. The zero-order valence-electron chi connectivity index (χ0n) is 14.3. The van der Waals surface area contributed by atoms with Crippen LogP contribution >= 0.6 is 23.2 Å². The predicted molar refractivity (Wildman–Crippen MR) is 97.3 cm³/mol. The lowest BCUT2D eigenvalue weighted by Crippen LogP contribution is -2.66. The van der Waals surface area contributed by atoms with Crippen molar-refractivity contribution >= 4 is 40.7 Å². The number of carbonyl (C=O) groups excluding carboxylic acids is 2. The van der Waals surface area contributed by atoms with Crippen molar-refractivity contribution in [2.45, 2.75) is 57.7 Å².